The van der Waals surface area contributed by atoms with Gasteiger partial charge >= 0.3 is 0 Å². The van der Waals surface area contributed by atoms with Gasteiger partial charge in [0.15, 0.2) is 0 Å². The Morgan fingerprint density at radius 2 is 1.39 bits per heavy atom. The first-order valence-electron chi connectivity index (χ1n) is 9.81. The first kappa shape index (κ1) is 22.6. The Bertz CT molecular complexity index is 550. The predicted molar refractivity (Wildman–Crippen MR) is 105 cm³/mol. The third-order valence-electron chi connectivity index (χ3n) is 4.23. The zero-order valence-corrected chi connectivity index (χ0v) is 16.8. The summed E-state index contributed by atoms with van der Waals surface area (Å²) in [5.41, 5.74) is 0. The van der Waals surface area contributed by atoms with E-state index in [2.05, 4.69) is 18.7 Å². The highest BCUT2D eigenvalue weighted by Crippen LogP contribution is 2.07. The summed E-state index contributed by atoms with van der Waals surface area (Å²) in [7, 11) is 0. The van der Waals surface area contributed by atoms with Crippen LogP contribution in [0, 0.1) is 5.92 Å². The smallest absolute Gasteiger partial charge is 0.129 e. The first-order valence-corrected chi connectivity index (χ1v) is 9.81. The zero-order valence-electron chi connectivity index (χ0n) is 16.8. The third kappa shape index (κ3) is 9.52. The molecule has 2 aromatic rings. The van der Waals surface area contributed by atoms with Crippen LogP contribution < -0.4 is 0 Å². The standard InChI is InChI=1S/C21H33NO6/c1-17(2)7-8-22(11-18(23)13-25-15-20-5-3-9-27-20)12-19(24)14-26-16-21-6-4-10-28-21/h3-6,9-10,17-19,23-24H,7-8,11-16H2,1-2H3/t18-,19-/m0/s1. The Hall–Kier alpha value is -1.64. The summed E-state index contributed by atoms with van der Waals surface area (Å²) in [4.78, 5) is 2.06. The molecule has 2 heterocycles. The number of hydrogen-bond acceptors (Lipinski definition) is 7. The van der Waals surface area contributed by atoms with Gasteiger partial charge in [0.1, 0.15) is 24.7 Å². The molecular weight excluding hydrogens is 362 g/mol. The topological polar surface area (TPSA) is 88.4 Å². The fourth-order valence-corrected chi connectivity index (χ4v) is 2.78. The highest BCUT2D eigenvalue weighted by molar-refractivity contribution is 4.96. The molecule has 0 aliphatic rings. The monoisotopic (exact) mass is 395 g/mol. The van der Waals surface area contributed by atoms with Gasteiger partial charge < -0.3 is 28.5 Å². The number of aliphatic hydroxyl groups is 2. The molecule has 7 heteroatoms. The molecule has 7 nitrogen and oxygen atoms in total. The molecule has 2 rings (SSSR count). The minimum absolute atomic E-state index is 0.212. The summed E-state index contributed by atoms with van der Waals surface area (Å²) in [6.45, 7) is 7.06. The Morgan fingerprint density at radius 1 is 0.893 bits per heavy atom. The maximum absolute atomic E-state index is 10.3. The molecule has 0 saturated heterocycles. The van der Waals surface area contributed by atoms with Crippen molar-refractivity contribution in [3.05, 3.63) is 48.3 Å². The molecule has 2 atom stereocenters. The summed E-state index contributed by atoms with van der Waals surface area (Å²) < 4.78 is 21.4. The van der Waals surface area contributed by atoms with Crippen molar-refractivity contribution in [2.45, 2.75) is 45.7 Å². The Kier molecular flexibility index (Phi) is 10.3. The van der Waals surface area contributed by atoms with Crippen molar-refractivity contribution in [3.8, 4) is 0 Å². The van der Waals surface area contributed by atoms with Gasteiger partial charge in [-0.3, -0.25) is 4.90 Å². The maximum Gasteiger partial charge on any atom is 0.129 e. The largest absolute Gasteiger partial charge is 0.467 e. The van der Waals surface area contributed by atoms with Crippen molar-refractivity contribution in [2.75, 3.05) is 32.8 Å². The molecular formula is C21H33NO6. The van der Waals surface area contributed by atoms with E-state index in [0.717, 1.165) is 24.5 Å². The molecule has 0 bridgehead atoms. The minimum Gasteiger partial charge on any atom is -0.467 e. The van der Waals surface area contributed by atoms with E-state index in [-0.39, 0.29) is 13.2 Å². The van der Waals surface area contributed by atoms with E-state index in [1.54, 1.807) is 24.7 Å². The molecule has 0 spiro atoms. The quantitative estimate of drug-likeness (QED) is 0.479. The van der Waals surface area contributed by atoms with Gasteiger partial charge in [-0.2, -0.15) is 0 Å². The van der Waals surface area contributed by atoms with Crippen LogP contribution in [0.1, 0.15) is 31.8 Å². The van der Waals surface area contributed by atoms with Crippen LogP contribution in [-0.2, 0) is 22.7 Å². The second-order valence-electron chi connectivity index (χ2n) is 7.44. The number of rotatable bonds is 15. The van der Waals surface area contributed by atoms with Crippen LogP contribution in [0.25, 0.3) is 0 Å². The normalized spacial score (nSPS) is 14.1. The highest BCUT2D eigenvalue weighted by atomic mass is 16.5. The third-order valence-corrected chi connectivity index (χ3v) is 4.23. The van der Waals surface area contributed by atoms with Crippen molar-refractivity contribution in [1.29, 1.82) is 0 Å². The molecule has 0 aromatic carbocycles. The second kappa shape index (κ2) is 12.7. The molecule has 0 aliphatic heterocycles. The van der Waals surface area contributed by atoms with Crippen LogP contribution in [0.15, 0.2) is 45.6 Å². The molecule has 2 aromatic heterocycles. The molecule has 0 saturated carbocycles. The number of nitrogens with zero attached hydrogens (tertiary/aromatic N) is 1. The fourth-order valence-electron chi connectivity index (χ4n) is 2.78. The van der Waals surface area contributed by atoms with E-state index in [1.165, 1.54) is 0 Å². The summed E-state index contributed by atoms with van der Waals surface area (Å²) in [6.07, 6.45) is 2.90. The number of furan rings is 2. The number of hydrogen-bond donors (Lipinski definition) is 2. The second-order valence-corrected chi connectivity index (χ2v) is 7.44. The Labute approximate surface area is 166 Å². The molecule has 0 radical (unpaired) electrons. The lowest BCUT2D eigenvalue weighted by Crippen LogP contribution is -2.41. The van der Waals surface area contributed by atoms with Crippen molar-refractivity contribution in [2.24, 2.45) is 5.92 Å². The molecule has 158 valence electrons. The van der Waals surface area contributed by atoms with E-state index < -0.39 is 12.2 Å². The lowest BCUT2D eigenvalue weighted by molar-refractivity contribution is -0.0200. The number of aliphatic hydroxyl groups excluding tert-OH is 2. The van der Waals surface area contributed by atoms with Crippen LogP contribution in [0.2, 0.25) is 0 Å². The average Bonchev–Trinajstić information content (AvgIpc) is 3.33. The van der Waals surface area contributed by atoms with E-state index in [1.807, 2.05) is 12.1 Å². The van der Waals surface area contributed by atoms with Gasteiger partial charge in [-0.15, -0.1) is 0 Å². The molecule has 0 fully saturated rings. The van der Waals surface area contributed by atoms with Crippen molar-refractivity contribution >= 4 is 0 Å². The van der Waals surface area contributed by atoms with Crippen molar-refractivity contribution in [3.63, 3.8) is 0 Å². The molecule has 0 unspecified atom stereocenters. The van der Waals surface area contributed by atoms with E-state index in [4.69, 9.17) is 18.3 Å². The van der Waals surface area contributed by atoms with Gasteiger partial charge in [0.2, 0.25) is 0 Å². The van der Waals surface area contributed by atoms with Gasteiger partial charge in [-0.25, -0.2) is 0 Å². The minimum atomic E-state index is -0.640. The average molecular weight is 395 g/mol. The van der Waals surface area contributed by atoms with E-state index in [9.17, 15) is 10.2 Å². The van der Waals surface area contributed by atoms with Crippen LogP contribution >= 0.6 is 0 Å². The molecule has 2 N–H and O–H groups in total. The van der Waals surface area contributed by atoms with Crippen LogP contribution in [0.4, 0.5) is 0 Å². The van der Waals surface area contributed by atoms with Gasteiger partial charge in [-0.1, -0.05) is 13.8 Å². The lowest BCUT2D eigenvalue weighted by Gasteiger charge is -2.27. The summed E-state index contributed by atoms with van der Waals surface area (Å²) in [5.74, 6) is 2.00. The van der Waals surface area contributed by atoms with Gasteiger partial charge in [-0.05, 0) is 43.1 Å². The molecule has 0 aliphatic carbocycles. The van der Waals surface area contributed by atoms with Crippen LogP contribution in [0.3, 0.4) is 0 Å². The Balaban J connectivity index is 1.70. The summed E-state index contributed by atoms with van der Waals surface area (Å²) in [5, 5.41) is 20.6. The highest BCUT2D eigenvalue weighted by Gasteiger charge is 2.17. The van der Waals surface area contributed by atoms with Crippen LogP contribution in [-0.4, -0.2) is 60.2 Å². The first-order chi connectivity index (χ1) is 13.5. The maximum atomic E-state index is 10.3. The van der Waals surface area contributed by atoms with Crippen molar-refractivity contribution in [1.82, 2.24) is 4.90 Å². The van der Waals surface area contributed by atoms with E-state index >= 15 is 0 Å². The van der Waals surface area contributed by atoms with Gasteiger partial charge in [0.25, 0.3) is 0 Å². The van der Waals surface area contributed by atoms with E-state index in [0.29, 0.717) is 32.2 Å². The zero-order chi connectivity index (χ0) is 20.2. The number of ether oxygens (including phenoxy) is 2. The predicted octanol–water partition coefficient (Wildman–Crippen LogP) is 2.68. The lowest BCUT2D eigenvalue weighted by atomic mass is 10.1. The molecule has 28 heavy (non-hydrogen) atoms. The Morgan fingerprint density at radius 3 is 1.79 bits per heavy atom. The van der Waals surface area contributed by atoms with Gasteiger partial charge in [0, 0.05) is 13.1 Å². The SMILES string of the molecule is CC(C)CCN(C[C@H](O)COCc1ccco1)C[C@H](O)COCc1ccco1. The van der Waals surface area contributed by atoms with Crippen molar-refractivity contribution < 1.29 is 28.5 Å². The molecule has 0 amide bonds. The van der Waals surface area contributed by atoms with Gasteiger partial charge in [0.05, 0.1) is 37.9 Å². The fraction of sp³-hybridized carbons (Fsp3) is 0.619. The summed E-state index contributed by atoms with van der Waals surface area (Å²) >= 11 is 0. The van der Waals surface area contributed by atoms with Crippen LogP contribution in [0.5, 0.6) is 0 Å². The summed E-state index contributed by atoms with van der Waals surface area (Å²) in [6, 6.07) is 7.27.